The normalized spacial score (nSPS) is 21.2. The molecule has 2 unspecified atom stereocenters. The number of aromatic nitrogens is 2. The van der Waals surface area contributed by atoms with Crippen LogP contribution < -0.4 is 5.43 Å². The zero-order valence-electron chi connectivity index (χ0n) is 24.4. The Bertz CT molecular complexity index is 1590. The third-order valence-corrected chi connectivity index (χ3v) is 8.74. The van der Waals surface area contributed by atoms with Gasteiger partial charge in [0.2, 0.25) is 0 Å². The zero-order chi connectivity index (χ0) is 30.5. The highest BCUT2D eigenvalue weighted by molar-refractivity contribution is 6.35. The number of benzene rings is 2. The molecular formula is C32H34Cl2FN5O3. The van der Waals surface area contributed by atoms with E-state index in [4.69, 9.17) is 33.0 Å². The number of ether oxygens (including phenoxy) is 1. The van der Waals surface area contributed by atoms with Gasteiger partial charge < -0.3 is 4.74 Å². The van der Waals surface area contributed by atoms with Gasteiger partial charge in [-0.05, 0) is 93.0 Å². The van der Waals surface area contributed by atoms with Crippen molar-refractivity contribution in [1.29, 1.82) is 0 Å². The Morgan fingerprint density at radius 1 is 1.05 bits per heavy atom. The van der Waals surface area contributed by atoms with Crippen LogP contribution in [0.5, 0.6) is 0 Å². The summed E-state index contributed by atoms with van der Waals surface area (Å²) in [5.74, 6) is 0.470. The average molecular weight is 627 g/mol. The molecule has 226 valence electrons. The molecule has 1 N–H and O–H groups in total. The van der Waals surface area contributed by atoms with Crippen LogP contribution in [0.25, 0.3) is 17.3 Å². The summed E-state index contributed by atoms with van der Waals surface area (Å²) in [4.78, 5) is 28.8. The maximum absolute atomic E-state index is 13.9. The number of hydrogen-bond donors (Lipinski definition) is 1. The number of carbonyl (C=O) groups is 2. The van der Waals surface area contributed by atoms with Gasteiger partial charge in [0.25, 0.3) is 5.91 Å². The van der Waals surface area contributed by atoms with Crippen LogP contribution in [0.15, 0.2) is 42.5 Å². The van der Waals surface area contributed by atoms with Gasteiger partial charge in [0.1, 0.15) is 11.4 Å². The standard InChI is InChI=1S/C32H34Cl2FN5O3/c1-32(2,3)43-31(42)38-15-22(13-19-7-10-24(35)11-8-19)29-25(18-38)28(36-40(29)27-12-9-23(33)14-26(27)34)30(41)37-39-16-20-5-4-6-21(20)17-39/h7-14,20-21H,4-6,15-18H2,1-3H3,(H,37,41). The van der Waals surface area contributed by atoms with E-state index in [-0.39, 0.29) is 30.5 Å². The van der Waals surface area contributed by atoms with Gasteiger partial charge in [0, 0.05) is 23.7 Å². The van der Waals surface area contributed by atoms with Gasteiger partial charge in [-0.2, -0.15) is 5.10 Å². The fourth-order valence-corrected chi connectivity index (χ4v) is 6.81. The Balaban J connectivity index is 1.46. The molecular weight excluding hydrogens is 592 g/mol. The molecule has 3 heterocycles. The second kappa shape index (κ2) is 11.6. The molecule has 6 rings (SSSR count). The molecule has 1 aliphatic carbocycles. The number of hydrogen-bond acceptors (Lipinski definition) is 5. The quantitative estimate of drug-likeness (QED) is 0.338. The molecule has 1 aromatic heterocycles. The lowest BCUT2D eigenvalue weighted by molar-refractivity contribution is 0.0253. The van der Waals surface area contributed by atoms with Crippen LogP contribution in [-0.2, 0) is 11.3 Å². The summed E-state index contributed by atoms with van der Waals surface area (Å²) in [7, 11) is 0. The number of amides is 2. The van der Waals surface area contributed by atoms with Crippen LogP contribution in [-0.4, -0.2) is 56.9 Å². The van der Waals surface area contributed by atoms with E-state index < -0.39 is 11.7 Å². The highest BCUT2D eigenvalue weighted by Crippen LogP contribution is 2.38. The van der Waals surface area contributed by atoms with Crippen molar-refractivity contribution in [2.75, 3.05) is 19.6 Å². The molecule has 2 atom stereocenters. The molecule has 1 saturated carbocycles. The summed E-state index contributed by atoms with van der Waals surface area (Å²) in [6, 6.07) is 11.1. The van der Waals surface area contributed by atoms with Gasteiger partial charge in [-0.3, -0.25) is 15.1 Å². The number of rotatable bonds is 4. The fourth-order valence-electron chi connectivity index (χ4n) is 6.32. The predicted molar refractivity (Wildman–Crippen MR) is 164 cm³/mol. The topological polar surface area (TPSA) is 79.7 Å². The number of hydrazine groups is 1. The maximum Gasteiger partial charge on any atom is 0.410 e. The number of nitrogens with one attached hydrogen (secondary N) is 1. The molecule has 8 nitrogen and oxygen atoms in total. The molecule has 2 aliphatic heterocycles. The van der Waals surface area contributed by atoms with E-state index in [1.54, 1.807) is 60.7 Å². The number of halogens is 3. The lowest BCUT2D eigenvalue weighted by Gasteiger charge is -2.32. The van der Waals surface area contributed by atoms with Crippen LogP contribution in [0.2, 0.25) is 10.0 Å². The van der Waals surface area contributed by atoms with Gasteiger partial charge in [-0.15, -0.1) is 0 Å². The van der Waals surface area contributed by atoms with Crippen LogP contribution >= 0.6 is 23.2 Å². The molecule has 3 aliphatic rings. The largest absolute Gasteiger partial charge is 0.444 e. The van der Waals surface area contributed by atoms with Gasteiger partial charge in [0.05, 0.1) is 29.5 Å². The maximum atomic E-state index is 13.9. The summed E-state index contributed by atoms with van der Waals surface area (Å²) in [5.41, 5.74) is 5.70. The van der Waals surface area contributed by atoms with Crippen LogP contribution in [0, 0.1) is 17.7 Å². The molecule has 43 heavy (non-hydrogen) atoms. The fraction of sp³-hybridized carbons (Fsp3) is 0.406. The molecule has 1 saturated heterocycles. The van der Waals surface area contributed by atoms with Crippen molar-refractivity contribution >= 4 is 46.9 Å². The average Bonchev–Trinajstić information content (AvgIpc) is 3.63. The Hall–Kier alpha value is -3.40. The van der Waals surface area contributed by atoms with E-state index in [0.29, 0.717) is 44.4 Å². The lowest BCUT2D eigenvalue weighted by Crippen LogP contribution is -2.43. The lowest BCUT2D eigenvalue weighted by atomic mass is 9.97. The number of fused-ring (bicyclic) bond motifs is 2. The van der Waals surface area contributed by atoms with E-state index in [1.807, 2.05) is 11.1 Å². The molecule has 0 bridgehead atoms. The first-order valence-corrected chi connectivity index (χ1v) is 15.3. The van der Waals surface area contributed by atoms with Crippen LogP contribution in [0.3, 0.4) is 0 Å². The van der Waals surface area contributed by atoms with Crippen molar-refractivity contribution in [2.24, 2.45) is 11.8 Å². The van der Waals surface area contributed by atoms with E-state index >= 15 is 0 Å². The van der Waals surface area contributed by atoms with Crippen molar-refractivity contribution in [3.05, 3.63) is 80.8 Å². The van der Waals surface area contributed by atoms with Crippen molar-refractivity contribution < 1.29 is 18.7 Å². The second-order valence-electron chi connectivity index (χ2n) is 12.5. The molecule has 2 fully saturated rings. The first kappa shape index (κ1) is 29.7. The SMILES string of the molecule is CC(C)(C)OC(=O)N1CC(=Cc2ccc(F)cc2)c2c(c(C(=O)NN3CC4CCCC4C3)nn2-c2ccc(Cl)cc2Cl)C1. The minimum Gasteiger partial charge on any atom is -0.444 e. The summed E-state index contributed by atoms with van der Waals surface area (Å²) in [6.45, 7) is 7.31. The monoisotopic (exact) mass is 625 g/mol. The highest BCUT2D eigenvalue weighted by atomic mass is 35.5. The minimum atomic E-state index is -0.715. The molecule has 0 radical (unpaired) electrons. The molecule has 2 amide bonds. The summed E-state index contributed by atoms with van der Waals surface area (Å²) >= 11 is 12.9. The van der Waals surface area contributed by atoms with E-state index in [0.717, 1.165) is 18.7 Å². The molecule has 3 aromatic rings. The third-order valence-electron chi connectivity index (χ3n) is 8.20. The van der Waals surface area contributed by atoms with E-state index in [9.17, 15) is 14.0 Å². The van der Waals surface area contributed by atoms with Crippen molar-refractivity contribution in [2.45, 2.75) is 52.2 Å². The summed E-state index contributed by atoms with van der Waals surface area (Å²) < 4.78 is 21.1. The molecule has 11 heteroatoms. The van der Waals surface area contributed by atoms with Crippen molar-refractivity contribution in [3.63, 3.8) is 0 Å². The Kier molecular flexibility index (Phi) is 8.00. The minimum absolute atomic E-state index is 0.101. The van der Waals surface area contributed by atoms with E-state index in [1.165, 1.54) is 31.4 Å². The van der Waals surface area contributed by atoms with Gasteiger partial charge in [-0.1, -0.05) is 41.8 Å². The van der Waals surface area contributed by atoms with Crippen LogP contribution in [0.4, 0.5) is 9.18 Å². The molecule has 0 spiro atoms. The first-order valence-electron chi connectivity index (χ1n) is 14.5. The zero-order valence-corrected chi connectivity index (χ0v) is 25.9. The Labute approximate surface area is 260 Å². The highest BCUT2D eigenvalue weighted by Gasteiger charge is 2.39. The van der Waals surface area contributed by atoms with Gasteiger partial charge in [0.15, 0.2) is 5.69 Å². The van der Waals surface area contributed by atoms with Crippen molar-refractivity contribution in [3.8, 4) is 5.69 Å². The molecule has 2 aromatic carbocycles. The van der Waals surface area contributed by atoms with Crippen molar-refractivity contribution in [1.82, 2.24) is 25.1 Å². The van der Waals surface area contributed by atoms with Gasteiger partial charge >= 0.3 is 6.09 Å². The number of nitrogens with zero attached hydrogens (tertiary/aromatic N) is 4. The number of carbonyl (C=O) groups excluding carboxylic acids is 2. The third kappa shape index (κ3) is 6.30. The Morgan fingerprint density at radius 3 is 2.40 bits per heavy atom. The summed E-state index contributed by atoms with van der Waals surface area (Å²) in [6.07, 6.45) is 4.94. The predicted octanol–water partition coefficient (Wildman–Crippen LogP) is 6.99. The second-order valence-corrected chi connectivity index (χ2v) is 13.4. The van der Waals surface area contributed by atoms with Gasteiger partial charge in [-0.25, -0.2) is 18.9 Å². The smallest absolute Gasteiger partial charge is 0.410 e. The summed E-state index contributed by atoms with van der Waals surface area (Å²) in [5, 5.41) is 7.62. The van der Waals surface area contributed by atoms with Crippen LogP contribution in [0.1, 0.15) is 67.3 Å². The van der Waals surface area contributed by atoms with E-state index in [2.05, 4.69) is 5.43 Å². The first-order chi connectivity index (χ1) is 20.4. The Morgan fingerprint density at radius 2 is 1.74 bits per heavy atom.